The Kier molecular flexibility index (Phi) is 2.52. The average Bonchev–Trinajstić information content (AvgIpc) is 2.58. The number of ether oxygens (including phenoxy) is 1. The summed E-state index contributed by atoms with van der Waals surface area (Å²) in [7, 11) is 0. The van der Waals surface area contributed by atoms with Crippen LogP contribution in [0.15, 0.2) is 24.3 Å². The van der Waals surface area contributed by atoms with Gasteiger partial charge in [0.15, 0.2) is 0 Å². The fraction of sp³-hybridized carbons (Fsp3) is 0.273. The van der Waals surface area contributed by atoms with Gasteiger partial charge in [-0.05, 0) is 19.1 Å². The van der Waals surface area contributed by atoms with Gasteiger partial charge in [-0.1, -0.05) is 12.1 Å². The molecule has 0 aliphatic carbocycles. The number of cyclic esters (lactones) is 1. The summed E-state index contributed by atoms with van der Waals surface area (Å²) in [5.74, 6) is -0.553. The van der Waals surface area contributed by atoms with Gasteiger partial charge in [0.2, 0.25) is 0 Å². The predicted octanol–water partition coefficient (Wildman–Crippen LogP) is 1.13. The van der Waals surface area contributed by atoms with Crippen LogP contribution in [0.3, 0.4) is 0 Å². The van der Waals surface area contributed by atoms with E-state index >= 15 is 0 Å². The van der Waals surface area contributed by atoms with Crippen LogP contribution in [-0.2, 0) is 4.74 Å². The smallest absolute Gasteiger partial charge is 0.414 e. The summed E-state index contributed by atoms with van der Waals surface area (Å²) in [6.45, 7) is 2.18. The van der Waals surface area contributed by atoms with Crippen LogP contribution in [0.4, 0.5) is 10.5 Å². The topological polar surface area (TPSA) is 72.6 Å². The second-order valence-corrected chi connectivity index (χ2v) is 3.68. The number of nitrogens with two attached hydrogens (primary N) is 1. The van der Waals surface area contributed by atoms with Crippen molar-refractivity contribution in [2.24, 2.45) is 5.73 Å². The summed E-state index contributed by atoms with van der Waals surface area (Å²) in [6, 6.07) is 6.64. The minimum Gasteiger partial charge on any atom is -0.447 e. The molecule has 2 amide bonds. The molecule has 5 heteroatoms. The molecule has 2 N–H and O–H groups in total. The molecule has 1 aliphatic rings. The molecule has 84 valence electrons. The van der Waals surface area contributed by atoms with Crippen LogP contribution in [0.2, 0.25) is 0 Å². The van der Waals surface area contributed by atoms with Crippen LogP contribution in [0.1, 0.15) is 17.3 Å². The maximum atomic E-state index is 11.5. The Balaban J connectivity index is 2.47. The van der Waals surface area contributed by atoms with Crippen molar-refractivity contribution in [3.63, 3.8) is 0 Å². The van der Waals surface area contributed by atoms with E-state index in [0.29, 0.717) is 17.9 Å². The lowest BCUT2D eigenvalue weighted by atomic mass is 10.1. The van der Waals surface area contributed by atoms with E-state index < -0.39 is 12.0 Å². The van der Waals surface area contributed by atoms with E-state index in [1.165, 1.54) is 4.90 Å². The molecule has 5 nitrogen and oxygen atoms in total. The van der Waals surface area contributed by atoms with Gasteiger partial charge in [-0.25, -0.2) is 4.79 Å². The lowest BCUT2D eigenvalue weighted by molar-refractivity contribution is 0.100. The lowest BCUT2D eigenvalue weighted by Crippen LogP contribution is -2.33. The number of hydrogen-bond acceptors (Lipinski definition) is 3. The van der Waals surface area contributed by atoms with Crippen molar-refractivity contribution in [2.75, 3.05) is 11.5 Å². The monoisotopic (exact) mass is 220 g/mol. The molecule has 1 fully saturated rings. The van der Waals surface area contributed by atoms with Gasteiger partial charge in [-0.2, -0.15) is 0 Å². The molecule has 1 atom stereocenters. The average molecular weight is 220 g/mol. The zero-order valence-electron chi connectivity index (χ0n) is 8.84. The Morgan fingerprint density at radius 1 is 1.50 bits per heavy atom. The molecule has 0 unspecified atom stereocenters. The predicted molar refractivity (Wildman–Crippen MR) is 58.2 cm³/mol. The third kappa shape index (κ3) is 1.60. The van der Waals surface area contributed by atoms with Crippen molar-refractivity contribution in [3.05, 3.63) is 29.8 Å². The maximum absolute atomic E-state index is 11.5. The standard InChI is InChI=1S/C11H12N2O3/c1-7-6-16-11(15)13(7)9-5-3-2-4-8(9)10(12)14/h2-5,7H,6H2,1H3,(H2,12,14)/t7-/m1/s1. The molecule has 0 saturated carbocycles. The van der Waals surface area contributed by atoms with Gasteiger partial charge in [0.05, 0.1) is 17.3 Å². The first-order valence-electron chi connectivity index (χ1n) is 4.96. The molecule has 0 bridgehead atoms. The van der Waals surface area contributed by atoms with E-state index in [2.05, 4.69) is 0 Å². The molecular weight excluding hydrogens is 208 g/mol. The Labute approximate surface area is 92.8 Å². The van der Waals surface area contributed by atoms with Crippen molar-refractivity contribution >= 4 is 17.7 Å². The minimum atomic E-state index is -0.553. The molecule has 0 aromatic heterocycles. The fourth-order valence-corrected chi connectivity index (χ4v) is 1.74. The fourth-order valence-electron chi connectivity index (χ4n) is 1.74. The van der Waals surface area contributed by atoms with Crippen LogP contribution < -0.4 is 10.6 Å². The molecule has 0 radical (unpaired) electrons. The number of primary amides is 1. The minimum absolute atomic E-state index is 0.0898. The molecule has 1 aliphatic heterocycles. The third-order valence-electron chi connectivity index (χ3n) is 2.51. The highest BCUT2D eigenvalue weighted by molar-refractivity contribution is 6.03. The quantitative estimate of drug-likeness (QED) is 0.812. The van der Waals surface area contributed by atoms with Crippen LogP contribution >= 0.6 is 0 Å². The summed E-state index contributed by atoms with van der Waals surface area (Å²) in [5, 5.41) is 0. The normalized spacial score (nSPS) is 19.7. The molecule has 1 saturated heterocycles. The van der Waals surface area contributed by atoms with E-state index in [-0.39, 0.29) is 6.04 Å². The van der Waals surface area contributed by atoms with Gasteiger partial charge in [0.1, 0.15) is 6.61 Å². The first-order chi connectivity index (χ1) is 7.61. The van der Waals surface area contributed by atoms with Crippen molar-refractivity contribution in [1.82, 2.24) is 0 Å². The van der Waals surface area contributed by atoms with Crippen molar-refractivity contribution in [2.45, 2.75) is 13.0 Å². The van der Waals surface area contributed by atoms with Crippen molar-refractivity contribution in [1.29, 1.82) is 0 Å². The van der Waals surface area contributed by atoms with E-state index in [1.807, 2.05) is 6.92 Å². The SMILES string of the molecule is C[C@@H]1COC(=O)N1c1ccccc1C(N)=O. The highest BCUT2D eigenvalue weighted by Gasteiger charge is 2.32. The second-order valence-electron chi connectivity index (χ2n) is 3.68. The molecule has 0 spiro atoms. The number of hydrogen-bond donors (Lipinski definition) is 1. The van der Waals surface area contributed by atoms with E-state index in [4.69, 9.17) is 10.5 Å². The van der Waals surface area contributed by atoms with Gasteiger partial charge in [0, 0.05) is 0 Å². The zero-order chi connectivity index (χ0) is 11.7. The number of anilines is 1. The summed E-state index contributed by atoms with van der Waals surface area (Å²) in [6.07, 6.45) is -0.443. The van der Waals surface area contributed by atoms with Crippen LogP contribution in [0.25, 0.3) is 0 Å². The molecule has 2 rings (SSSR count). The maximum Gasteiger partial charge on any atom is 0.414 e. The summed E-state index contributed by atoms with van der Waals surface area (Å²) in [5.41, 5.74) is 6.09. The van der Waals surface area contributed by atoms with Crippen LogP contribution in [-0.4, -0.2) is 24.6 Å². The lowest BCUT2D eigenvalue weighted by Gasteiger charge is -2.20. The number of carbonyl (C=O) groups is 2. The summed E-state index contributed by atoms with van der Waals surface area (Å²) >= 11 is 0. The molecule has 1 heterocycles. The third-order valence-corrected chi connectivity index (χ3v) is 2.51. The van der Waals surface area contributed by atoms with Gasteiger partial charge in [0.25, 0.3) is 5.91 Å². The number of carbonyl (C=O) groups excluding carboxylic acids is 2. The number of amides is 2. The van der Waals surface area contributed by atoms with Crippen molar-refractivity contribution in [3.8, 4) is 0 Å². The van der Waals surface area contributed by atoms with E-state index in [9.17, 15) is 9.59 Å². The molecule has 1 aromatic rings. The molecule has 1 aromatic carbocycles. The highest BCUT2D eigenvalue weighted by Crippen LogP contribution is 2.26. The number of benzene rings is 1. The van der Waals surface area contributed by atoms with Gasteiger partial charge in [-0.15, -0.1) is 0 Å². The Bertz CT molecular complexity index is 445. The Morgan fingerprint density at radius 2 is 2.19 bits per heavy atom. The molecule has 16 heavy (non-hydrogen) atoms. The summed E-state index contributed by atoms with van der Waals surface area (Å²) in [4.78, 5) is 24.2. The highest BCUT2D eigenvalue weighted by atomic mass is 16.6. The van der Waals surface area contributed by atoms with Crippen molar-refractivity contribution < 1.29 is 14.3 Å². The number of nitrogens with zero attached hydrogens (tertiary/aromatic N) is 1. The van der Waals surface area contributed by atoms with Gasteiger partial charge in [-0.3, -0.25) is 9.69 Å². The van der Waals surface area contributed by atoms with Gasteiger partial charge >= 0.3 is 6.09 Å². The Morgan fingerprint density at radius 3 is 2.75 bits per heavy atom. The first-order valence-corrected chi connectivity index (χ1v) is 4.96. The summed E-state index contributed by atoms with van der Waals surface area (Å²) < 4.78 is 4.90. The second kappa shape index (κ2) is 3.84. The van der Waals surface area contributed by atoms with Gasteiger partial charge < -0.3 is 10.5 Å². The number of rotatable bonds is 2. The largest absolute Gasteiger partial charge is 0.447 e. The van der Waals surface area contributed by atoms with Crippen LogP contribution in [0, 0.1) is 0 Å². The number of para-hydroxylation sites is 1. The van der Waals surface area contributed by atoms with E-state index in [1.54, 1.807) is 24.3 Å². The van der Waals surface area contributed by atoms with E-state index in [0.717, 1.165) is 0 Å². The Hall–Kier alpha value is -2.04. The molecular formula is C11H12N2O3. The van der Waals surface area contributed by atoms with Crippen LogP contribution in [0.5, 0.6) is 0 Å². The zero-order valence-corrected chi connectivity index (χ0v) is 8.84. The first kappa shape index (κ1) is 10.5.